The lowest BCUT2D eigenvalue weighted by Crippen LogP contribution is -1.96. The van der Waals surface area contributed by atoms with Crippen molar-refractivity contribution in [3.8, 4) is 22.6 Å². The summed E-state index contributed by atoms with van der Waals surface area (Å²) in [6.45, 7) is 3.84. The Labute approximate surface area is 172 Å². The highest BCUT2D eigenvalue weighted by Gasteiger charge is 2.21. The molecule has 29 heavy (non-hydrogen) atoms. The lowest BCUT2D eigenvalue weighted by molar-refractivity contribution is 0.393. The summed E-state index contributed by atoms with van der Waals surface area (Å²) in [5.41, 5.74) is 5.65. The molecule has 0 aliphatic carbocycles. The molecule has 0 N–H and O–H groups in total. The molecule has 0 saturated heterocycles. The lowest BCUT2D eigenvalue weighted by Gasteiger charge is -2.12. The molecule has 5 rings (SSSR count). The molecule has 0 spiro atoms. The molecule has 0 aliphatic heterocycles. The number of rotatable bonds is 3. The monoisotopic (exact) mass is 403 g/mol. The highest BCUT2D eigenvalue weighted by Crippen LogP contribution is 2.42. The number of ether oxygens (including phenoxy) is 1. The van der Waals surface area contributed by atoms with Gasteiger partial charge in [-0.15, -0.1) is 0 Å². The standard InChI is InChI=1S/C23H18ClN3O2/c1-13-23(14(2)29-26-13)16-10-21-15(11-22(16)28-3)17-12-25-9-8-19(17)27(21)20-7-5-4-6-18(20)24/h4-12H,1-3H3. The molecule has 144 valence electrons. The number of halogens is 1. The predicted molar refractivity (Wildman–Crippen MR) is 115 cm³/mol. The number of fused-ring (bicyclic) bond motifs is 3. The first kappa shape index (κ1) is 17.8. The number of para-hydroxylation sites is 1. The van der Waals surface area contributed by atoms with Crippen LogP contribution < -0.4 is 4.74 Å². The van der Waals surface area contributed by atoms with Crippen LogP contribution in [0.15, 0.2) is 59.4 Å². The second-order valence-corrected chi connectivity index (χ2v) is 7.36. The van der Waals surface area contributed by atoms with E-state index in [1.54, 1.807) is 13.3 Å². The van der Waals surface area contributed by atoms with E-state index < -0.39 is 0 Å². The fourth-order valence-corrected chi connectivity index (χ4v) is 4.23. The van der Waals surface area contributed by atoms with Gasteiger partial charge in [0.05, 0.1) is 40.1 Å². The van der Waals surface area contributed by atoms with E-state index in [1.165, 1.54) is 0 Å². The molecule has 0 fully saturated rings. The summed E-state index contributed by atoms with van der Waals surface area (Å²) in [6.07, 6.45) is 3.67. The molecular weight excluding hydrogens is 386 g/mol. The van der Waals surface area contributed by atoms with E-state index >= 15 is 0 Å². The van der Waals surface area contributed by atoms with Crippen LogP contribution in [-0.2, 0) is 0 Å². The molecule has 0 aliphatic rings. The van der Waals surface area contributed by atoms with Gasteiger partial charge in [0.1, 0.15) is 11.5 Å². The van der Waals surface area contributed by atoms with Gasteiger partial charge >= 0.3 is 0 Å². The number of aromatic nitrogens is 3. The molecular formula is C23H18ClN3O2. The number of hydrogen-bond acceptors (Lipinski definition) is 4. The Hall–Kier alpha value is -3.31. The van der Waals surface area contributed by atoms with E-state index in [0.29, 0.717) is 5.02 Å². The van der Waals surface area contributed by atoms with Crippen LogP contribution in [0.25, 0.3) is 38.6 Å². The van der Waals surface area contributed by atoms with Gasteiger partial charge in [0, 0.05) is 28.7 Å². The van der Waals surface area contributed by atoms with Gasteiger partial charge in [0.2, 0.25) is 0 Å². The summed E-state index contributed by atoms with van der Waals surface area (Å²) in [5.74, 6) is 1.51. The van der Waals surface area contributed by atoms with Crippen molar-refractivity contribution in [2.24, 2.45) is 0 Å². The normalized spacial score (nSPS) is 11.4. The number of nitrogens with zero attached hydrogens (tertiary/aromatic N) is 3. The number of methoxy groups -OCH3 is 1. The minimum atomic E-state index is 0.679. The molecule has 2 aromatic carbocycles. The number of pyridine rings is 1. The number of benzene rings is 2. The van der Waals surface area contributed by atoms with Crippen molar-refractivity contribution in [1.82, 2.24) is 14.7 Å². The molecule has 0 bridgehead atoms. The second kappa shape index (κ2) is 6.64. The van der Waals surface area contributed by atoms with Gasteiger partial charge in [-0.3, -0.25) is 4.98 Å². The number of hydrogen-bond donors (Lipinski definition) is 0. The average molecular weight is 404 g/mol. The topological polar surface area (TPSA) is 53.1 Å². The van der Waals surface area contributed by atoms with E-state index in [1.807, 2.05) is 56.4 Å². The SMILES string of the molecule is COc1cc2c3cnccc3n(-c3ccccc3Cl)c2cc1-c1c(C)noc1C. The minimum absolute atomic E-state index is 0.679. The molecule has 0 unspecified atom stereocenters. The summed E-state index contributed by atoms with van der Waals surface area (Å²) >= 11 is 6.58. The smallest absolute Gasteiger partial charge is 0.141 e. The Kier molecular flexibility index (Phi) is 4.07. The third kappa shape index (κ3) is 2.62. The summed E-state index contributed by atoms with van der Waals surface area (Å²) in [6, 6.07) is 14.0. The van der Waals surface area contributed by atoms with Crippen molar-refractivity contribution in [3.05, 3.63) is 71.3 Å². The Morgan fingerprint density at radius 3 is 2.59 bits per heavy atom. The Balaban J connectivity index is 1.96. The molecule has 0 atom stereocenters. The molecule has 3 heterocycles. The first-order valence-electron chi connectivity index (χ1n) is 9.24. The molecule has 5 nitrogen and oxygen atoms in total. The quantitative estimate of drug-likeness (QED) is 0.364. The fraction of sp³-hybridized carbons (Fsp3) is 0.130. The van der Waals surface area contributed by atoms with Gasteiger partial charge in [-0.2, -0.15) is 0 Å². The summed E-state index contributed by atoms with van der Waals surface area (Å²) in [7, 11) is 1.67. The number of aryl methyl sites for hydroxylation is 2. The van der Waals surface area contributed by atoms with E-state index in [9.17, 15) is 0 Å². The first-order chi connectivity index (χ1) is 14.1. The van der Waals surface area contributed by atoms with Crippen LogP contribution in [0.3, 0.4) is 0 Å². The van der Waals surface area contributed by atoms with Crippen LogP contribution in [0.4, 0.5) is 0 Å². The molecule has 0 amide bonds. The van der Waals surface area contributed by atoms with Crippen molar-refractivity contribution in [2.75, 3.05) is 7.11 Å². The van der Waals surface area contributed by atoms with Crippen LogP contribution >= 0.6 is 11.6 Å². The van der Waals surface area contributed by atoms with Crippen LogP contribution in [0.5, 0.6) is 5.75 Å². The van der Waals surface area contributed by atoms with E-state index in [4.69, 9.17) is 20.9 Å². The zero-order valence-electron chi connectivity index (χ0n) is 16.2. The van der Waals surface area contributed by atoms with Crippen molar-refractivity contribution in [3.63, 3.8) is 0 Å². The molecule has 3 aromatic heterocycles. The van der Waals surface area contributed by atoms with E-state index in [2.05, 4.69) is 20.8 Å². The second-order valence-electron chi connectivity index (χ2n) is 6.95. The van der Waals surface area contributed by atoms with Crippen molar-refractivity contribution < 1.29 is 9.26 Å². The van der Waals surface area contributed by atoms with Crippen molar-refractivity contribution in [2.45, 2.75) is 13.8 Å². The van der Waals surface area contributed by atoms with Gasteiger partial charge in [-0.25, -0.2) is 0 Å². The lowest BCUT2D eigenvalue weighted by atomic mass is 10.0. The summed E-state index contributed by atoms with van der Waals surface area (Å²) in [4.78, 5) is 4.34. The Bertz CT molecular complexity index is 1360. The third-order valence-electron chi connectivity index (χ3n) is 5.28. The summed E-state index contributed by atoms with van der Waals surface area (Å²) in [5, 5.41) is 6.87. The summed E-state index contributed by atoms with van der Waals surface area (Å²) < 4.78 is 13.3. The Morgan fingerprint density at radius 1 is 1.03 bits per heavy atom. The van der Waals surface area contributed by atoms with Crippen LogP contribution in [-0.4, -0.2) is 21.8 Å². The zero-order chi connectivity index (χ0) is 20.1. The van der Waals surface area contributed by atoms with Gasteiger partial charge in [0.25, 0.3) is 0 Å². The zero-order valence-corrected chi connectivity index (χ0v) is 17.0. The third-order valence-corrected chi connectivity index (χ3v) is 5.60. The van der Waals surface area contributed by atoms with Crippen LogP contribution in [0, 0.1) is 13.8 Å². The molecule has 0 radical (unpaired) electrons. The maximum absolute atomic E-state index is 6.58. The van der Waals surface area contributed by atoms with Gasteiger partial charge < -0.3 is 13.8 Å². The van der Waals surface area contributed by atoms with Gasteiger partial charge in [-0.1, -0.05) is 28.9 Å². The van der Waals surface area contributed by atoms with Gasteiger partial charge in [0.15, 0.2) is 0 Å². The van der Waals surface area contributed by atoms with Crippen molar-refractivity contribution >= 4 is 33.4 Å². The predicted octanol–water partition coefficient (Wildman–Crippen LogP) is 6.11. The minimum Gasteiger partial charge on any atom is -0.496 e. The van der Waals surface area contributed by atoms with Crippen LogP contribution in [0.2, 0.25) is 5.02 Å². The maximum atomic E-state index is 6.58. The highest BCUT2D eigenvalue weighted by atomic mass is 35.5. The fourth-order valence-electron chi connectivity index (χ4n) is 4.01. The van der Waals surface area contributed by atoms with Gasteiger partial charge in [-0.05, 0) is 44.2 Å². The van der Waals surface area contributed by atoms with Crippen molar-refractivity contribution in [1.29, 1.82) is 0 Å². The largest absolute Gasteiger partial charge is 0.496 e. The van der Waals surface area contributed by atoms with E-state index in [0.717, 1.165) is 55.8 Å². The average Bonchev–Trinajstić information content (AvgIpc) is 3.23. The van der Waals surface area contributed by atoms with Crippen LogP contribution in [0.1, 0.15) is 11.5 Å². The Morgan fingerprint density at radius 2 is 1.86 bits per heavy atom. The highest BCUT2D eigenvalue weighted by molar-refractivity contribution is 6.32. The van der Waals surface area contributed by atoms with E-state index in [-0.39, 0.29) is 0 Å². The molecule has 6 heteroatoms. The maximum Gasteiger partial charge on any atom is 0.141 e. The first-order valence-corrected chi connectivity index (χ1v) is 9.62. The molecule has 5 aromatic rings. The molecule has 0 saturated carbocycles.